The molecule has 0 heterocycles. The lowest BCUT2D eigenvalue weighted by Gasteiger charge is -2.02. The van der Waals surface area contributed by atoms with Crippen LogP contribution in [0.4, 0.5) is 0 Å². The number of rotatable bonds is 2. The molecule has 2 heteroatoms. The van der Waals surface area contributed by atoms with Crippen LogP contribution >= 0.6 is 0 Å². The van der Waals surface area contributed by atoms with Crippen molar-refractivity contribution in [1.29, 1.82) is 0 Å². The van der Waals surface area contributed by atoms with Gasteiger partial charge in [0.05, 0.1) is 0 Å². The molecule has 0 rings (SSSR count). The van der Waals surface area contributed by atoms with Gasteiger partial charge < -0.3 is 5.11 Å². The molecule has 0 aromatic carbocycles. The molecule has 0 amide bonds. The van der Waals surface area contributed by atoms with Crippen LogP contribution in [0.2, 0.25) is 19.6 Å². The Morgan fingerprint density at radius 3 is 2.30 bits per heavy atom. The van der Waals surface area contributed by atoms with Crippen LogP contribution in [0.15, 0.2) is 0 Å². The summed E-state index contributed by atoms with van der Waals surface area (Å²) in [6.07, 6.45) is 1.66. The molecular weight excluding hydrogens is 140 g/mol. The fraction of sp³-hybridized carbons (Fsp3) is 0.750. The molecule has 1 nitrogen and oxygen atoms in total. The van der Waals surface area contributed by atoms with Crippen molar-refractivity contribution < 1.29 is 5.11 Å². The van der Waals surface area contributed by atoms with Gasteiger partial charge >= 0.3 is 0 Å². The fourth-order valence-electron chi connectivity index (χ4n) is 0.495. The van der Waals surface area contributed by atoms with Crippen molar-refractivity contribution in [3.05, 3.63) is 0 Å². The van der Waals surface area contributed by atoms with Crippen LogP contribution in [0.1, 0.15) is 12.8 Å². The molecule has 1 N–H and O–H groups in total. The van der Waals surface area contributed by atoms with Crippen molar-refractivity contribution in [3.63, 3.8) is 0 Å². The minimum Gasteiger partial charge on any atom is -0.396 e. The fourth-order valence-corrected chi connectivity index (χ4v) is 1.15. The van der Waals surface area contributed by atoms with E-state index in [1.807, 2.05) is 0 Å². The van der Waals surface area contributed by atoms with Gasteiger partial charge in [0.15, 0.2) is 0 Å². The van der Waals surface area contributed by atoms with Gasteiger partial charge in [0.25, 0.3) is 0 Å². The summed E-state index contributed by atoms with van der Waals surface area (Å²) in [6, 6.07) is 0. The lowest BCUT2D eigenvalue weighted by atomic mass is 10.3. The Balaban J connectivity index is 3.50. The van der Waals surface area contributed by atoms with E-state index in [0.29, 0.717) is 0 Å². The van der Waals surface area contributed by atoms with E-state index in [2.05, 4.69) is 31.1 Å². The zero-order valence-corrected chi connectivity index (χ0v) is 8.07. The van der Waals surface area contributed by atoms with Gasteiger partial charge in [0.2, 0.25) is 0 Å². The zero-order chi connectivity index (χ0) is 8.04. The third kappa shape index (κ3) is 7.74. The van der Waals surface area contributed by atoms with Gasteiger partial charge in [0, 0.05) is 13.0 Å². The van der Waals surface area contributed by atoms with Crippen LogP contribution in [-0.2, 0) is 0 Å². The minimum atomic E-state index is -1.15. The molecular formula is C8H16OSi. The van der Waals surface area contributed by atoms with Gasteiger partial charge in [-0.2, -0.15) is 0 Å². The first-order valence-electron chi connectivity index (χ1n) is 3.67. The Bertz CT molecular complexity index is 136. The highest BCUT2D eigenvalue weighted by atomic mass is 28.3. The lowest BCUT2D eigenvalue weighted by Crippen LogP contribution is -2.16. The molecule has 0 aliphatic rings. The summed E-state index contributed by atoms with van der Waals surface area (Å²) in [6.45, 7) is 6.93. The molecule has 0 aliphatic heterocycles. The smallest absolute Gasteiger partial charge is 0.129 e. The highest BCUT2D eigenvalue weighted by Crippen LogP contribution is 1.96. The number of hydrogen-bond acceptors (Lipinski definition) is 1. The van der Waals surface area contributed by atoms with Crippen molar-refractivity contribution in [2.24, 2.45) is 0 Å². The molecule has 0 fully saturated rings. The Hall–Kier alpha value is -0.263. The summed E-state index contributed by atoms with van der Waals surface area (Å²) < 4.78 is 0. The maximum absolute atomic E-state index is 8.44. The predicted octanol–water partition coefficient (Wildman–Crippen LogP) is 1.64. The zero-order valence-electron chi connectivity index (χ0n) is 7.07. The first-order chi connectivity index (χ1) is 4.56. The van der Waals surface area contributed by atoms with Gasteiger partial charge in [-0.05, 0) is 6.42 Å². The molecule has 58 valence electrons. The Kier molecular flexibility index (Phi) is 4.42. The van der Waals surface area contributed by atoms with Crippen LogP contribution < -0.4 is 0 Å². The first kappa shape index (κ1) is 9.74. The molecule has 0 aromatic heterocycles. The Morgan fingerprint density at radius 1 is 1.30 bits per heavy atom. The van der Waals surface area contributed by atoms with E-state index in [9.17, 15) is 0 Å². The molecule has 0 unspecified atom stereocenters. The van der Waals surface area contributed by atoms with Crippen LogP contribution in [0, 0.1) is 11.5 Å². The second-order valence-electron chi connectivity index (χ2n) is 3.38. The monoisotopic (exact) mass is 156 g/mol. The van der Waals surface area contributed by atoms with Gasteiger partial charge in [-0.15, -0.1) is 11.5 Å². The van der Waals surface area contributed by atoms with E-state index in [0.717, 1.165) is 12.8 Å². The molecule has 0 saturated carbocycles. The number of hydrogen-bond donors (Lipinski definition) is 1. The standard InChI is InChI=1S/C8H16OSi/c1-10(2,3)8-6-4-5-7-9/h9H,4-5,7H2,1-3H3. The molecule has 0 bridgehead atoms. The van der Waals surface area contributed by atoms with E-state index in [4.69, 9.17) is 5.11 Å². The van der Waals surface area contributed by atoms with E-state index in [1.54, 1.807) is 0 Å². The summed E-state index contributed by atoms with van der Waals surface area (Å²) in [7, 11) is -1.15. The van der Waals surface area contributed by atoms with Crippen LogP contribution in [0.3, 0.4) is 0 Å². The Morgan fingerprint density at radius 2 is 1.90 bits per heavy atom. The van der Waals surface area contributed by atoms with Gasteiger partial charge in [-0.25, -0.2) is 0 Å². The van der Waals surface area contributed by atoms with Crippen molar-refractivity contribution in [2.45, 2.75) is 32.5 Å². The van der Waals surface area contributed by atoms with Crippen LogP contribution in [0.5, 0.6) is 0 Å². The van der Waals surface area contributed by atoms with Crippen molar-refractivity contribution in [2.75, 3.05) is 6.61 Å². The van der Waals surface area contributed by atoms with E-state index >= 15 is 0 Å². The number of aliphatic hydroxyl groups is 1. The SMILES string of the molecule is C[Si](C)(C)C#CCCCO. The summed E-state index contributed by atoms with van der Waals surface area (Å²) in [4.78, 5) is 0. The highest BCUT2D eigenvalue weighted by Gasteiger charge is 2.06. The predicted molar refractivity (Wildman–Crippen MR) is 47.4 cm³/mol. The molecule has 0 aliphatic carbocycles. The maximum atomic E-state index is 8.44. The van der Waals surface area contributed by atoms with Crippen molar-refractivity contribution in [1.82, 2.24) is 0 Å². The van der Waals surface area contributed by atoms with E-state index < -0.39 is 8.07 Å². The average molecular weight is 156 g/mol. The van der Waals surface area contributed by atoms with Crippen LogP contribution in [-0.4, -0.2) is 19.8 Å². The highest BCUT2D eigenvalue weighted by molar-refractivity contribution is 6.83. The third-order valence-electron chi connectivity index (χ3n) is 0.923. The molecule has 0 saturated heterocycles. The minimum absolute atomic E-state index is 0.264. The third-order valence-corrected chi connectivity index (χ3v) is 1.85. The van der Waals surface area contributed by atoms with E-state index in [-0.39, 0.29) is 6.61 Å². The van der Waals surface area contributed by atoms with Gasteiger partial charge in [-0.1, -0.05) is 19.6 Å². The molecule has 0 atom stereocenters. The van der Waals surface area contributed by atoms with Crippen LogP contribution in [0.25, 0.3) is 0 Å². The normalized spacial score (nSPS) is 10.4. The maximum Gasteiger partial charge on any atom is 0.129 e. The van der Waals surface area contributed by atoms with Crippen molar-refractivity contribution in [3.8, 4) is 11.5 Å². The van der Waals surface area contributed by atoms with Crippen molar-refractivity contribution >= 4 is 8.07 Å². The second kappa shape index (κ2) is 4.54. The lowest BCUT2D eigenvalue weighted by molar-refractivity contribution is 0.290. The first-order valence-corrected chi connectivity index (χ1v) is 7.17. The topological polar surface area (TPSA) is 20.2 Å². The molecule has 0 spiro atoms. The average Bonchev–Trinajstić information content (AvgIpc) is 1.78. The summed E-state index contributed by atoms with van der Waals surface area (Å²) >= 11 is 0. The number of aliphatic hydroxyl groups excluding tert-OH is 1. The van der Waals surface area contributed by atoms with Gasteiger partial charge in [-0.3, -0.25) is 0 Å². The van der Waals surface area contributed by atoms with Gasteiger partial charge in [0.1, 0.15) is 8.07 Å². The summed E-state index contributed by atoms with van der Waals surface area (Å²) in [5, 5.41) is 8.44. The summed E-state index contributed by atoms with van der Waals surface area (Å²) in [5.74, 6) is 3.08. The Labute approximate surface area is 64.5 Å². The molecule has 10 heavy (non-hydrogen) atoms. The molecule has 0 aromatic rings. The largest absolute Gasteiger partial charge is 0.396 e. The van der Waals surface area contributed by atoms with E-state index in [1.165, 1.54) is 0 Å². The second-order valence-corrected chi connectivity index (χ2v) is 8.13. The number of unbranched alkanes of at least 4 members (excludes halogenated alkanes) is 1. The molecule has 0 radical (unpaired) electrons. The quantitative estimate of drug-likeness (QED) is 0.366. The summed E-state index contributed by atoms with van der Waals surface area (Å²) in [5.41, 5.74) is 3.23.